The van der Waals surface area contributed by atoms with Crippen molar-refractivity contribution in [3.63, 3.8) is 0 Å². The summed E-state index contributed by atoms with van der Waals surface area (Å²) in [6.07, 6.45) is 4.03. The van der Waals surface area contributed by atoms with Crippen LogP contribution < -0.4 is 5.32 Å². The maximum absolute atomic E-state index is 9.91. The van der Waals surface area contributed by atoms with Gasteiger partial charge in [-0.15, -0.1) is 0 Å². The van der Waals surface area contributed by atoms with E-state index in [1.54, 1.807) is 12.1 Å². The highest BCUT2D eigenvalue weighted by atomic mass is 35.5. The van der Waals surface area contributed by atoms with Gasteiger partial charge < -0.3 is 15.3 Å². The van der Waals surface area contributed by atoms with Crippen molar-refractivity contribution in [1.29, 1.82) is 0 Å². The highest BCUT2D eigenvalue weighted by Crippen LogP contribution is 2.30. The van der Waals surface area contributed by atoms with Crippen molar-refractivity contribution in [3.8, 4) is 5.75 Å². The molecule has 118 valence electrons. The van der Waals surface area contributed by atoms with Gasteiger partial charge in [0, 0.05) is 23.7 Å². The van der Waals surface area contributed by atoms with E-state index in [4.69, 9.17) is 23.2 Å². The zero-order valence-corrected chi connectivity index (χ0v) is 14.1. The van der Waals surface area contributed by atoms with Crippen LogP contribution in [-0.4, -0.2) is 36.2 Å². The second-order valence-corrected chi connectivity index (χ2v) is 6.84. The molecule has 21 heavy (non-hydrogen) atoms. The smallest absolute Gasteiger partial charge is 0.138 e. The van der Waals surface area contributed by atoms with Gasteiger partial charge in [-0.05, 0) is 50.5 Å². The van der Waals surface area contributed by atoms with Gasteiger partial charge in [0.15, 0.2) is 0 Å². The molecule has 5 heteroatoms. The molecule has 0 aliphatic carbocycles. The molecule has 0 bridgehead atoms. The molecule has 1 aromatic carbocycles. The third-order valence-electron chi connectivity index (χ3n) is 3.93. The van der Waals surface area contributed by atoms with Crippen LogP contribution in [0.4, 0.5) is 0 Å². The number of phenolic OH excluding ortho intramolecular Hbond substituents is 1. The van der Waals surface area contributed by atoms with Gasteiger partial charge in [0.05, 0.1) is 5.02 Å². The van der Waals surface area contributed by atoms with Gasteiger partial charge in [-0.1, -0.05) is 36.5 Å². The second kappa shape index (κ2) is 8.23. The summed E-state index contributed by atoms with van der Waals surface area (Å²) in [5.74, 6) is 0.706. The number of nitrogens with one attached hydrogen (secondary N) is 1. The van der Waals surface area contributed by atoms with E-state index >= 15 is 0 Å². The Morgan fingerprint density at radius 2 is 1.95 bits per heavy atom. The van der Waals surface area contributed by atoms with Crippen molar-refractivity contribution in [3.05, 3.63) is 27.7 Å². The largest absolute Gasteiger partial charge is 0.506 e. The first kappa shape index (κ1) is 16.9. The molecule has 1 aliphatic rings. The van der Waals surface area contributed by atoms with E-state index < -0.39 is 0 Å². The average Bonchev–Trinajstić information content (AvgIpc) is 2.45. The number of piperidine rings is 1. The Bertz CT molecular complexity index is 462. The minimum Gasteiger partial charge on any atom is -0.506 e. The molecule has 1 atom stereocenters. The third kappa shape index (κ3) is 5.33. The van der Waals surface area contributed by atoms with E-state index in [9.17, 15) is 5.11 Å². The number of hydrogen-bond acceptors (Lipinski definition) is 3. The van der Waals surface area contributed by atoms with Gasteiger partial charge in [0.2, 0.25) is 0 Å². The van der Waals surface area contributed by atoms with Crippen LogP contribution in [0, 0.1) is 5.92 Å². The van der Waals surface area contributed by atoms with Gasteiger partial charge in [-0.3, -0.25) is 0 Å². The van der Waals surface area contributed by atoms with Crippen molar-refractivity contribution in [1.82, 2.24) is 10.2 Å². The molecular weight excluding hydrogens is 307 g/mol. The molecule has 2 rings (SSSR count). The van der Waals surface area contributed by atoms with Crippen LogP contribution in [0.25, 0.3) is 0 Å². The summed E-state index contributed by atoms with van der Waals surface area (Å²) in [7, 11) is 0. The summed E-state index contributed by atoms with van der Waals surface area (Å²) in [5, 5.41) is 14.1. The van der Waals surface area contributed by atoms with Gasteiger partial charge >= 0.3 is 0 Å². The van der Waals surface area contributed by atoms with Crippen LogP contribution in [0.1, 0.15) is 31.7 Å². The first-order valence-electron chi connectivity index (χ1n) is 7.66. The van der Waals surface area contributed by atoms with Gasteiger partial charge in [0.1, 0.15) is 5.75 Å². The van der Waals surface area contributed by atoms with Crippen molar-refractivity contribution in [2.45, 2.75) is 32.7 Å². The normalized spacial score (nSPS) is 17.9. The SMILES string of the molecule is CC(CNCc1cc(Cl)cc(Cl)c1O)CN1CCCCC1. The number of rotatable bonds is 6. The fourth-order valence-electron chi connectivity index (χ4n) is 2.85. The van der Waals surface area contributed by atoms with Crippen molar-refractivity contribution in [2.24, 2.45) is 5.92 Å². The molecule has 1 unspecified atom stereocenters. The number of hydrogen-bond donors (Lipinski definition) is 2. The first-order chi connectivity index (χ1) is 10.1. The molecular formula is C16H24Cl2N2O. The van der Waals surface area contributed by atoms with E-state index in [2.05, 4.69) is 17.1 Å². The molecule has 1 fully saturated rings. The number of phenols is 1. The molecule has 2 N–H and O–H groups in total. The van der Waals surface area contributed by atoms with Crippen LogP contribution in [0.2, 0.25) is 10.0 Å². The maximum atomic E-state index is 9.91. The van der Waals surface area contributed by atoms with Crippen molar-refractivity contribution in [2.75, 3.05) is 26.2 Å². The molecule has 0 radical (unpaired) electrons. The Labute approximate surface area is 137 Å². The summed E-state index contributed by atoms with van der Waals surface area (Å²) in [6, 6.07) is 3.31. The second-order valence-electron chi connectivity index (χ2n) is 5.99. The molecule has 3 nitrogen and oxygen atoms in total. The Balaban J connectivity index is 1.76. The standard InChI is InChI=1S/C16H24Cl2N2O/c1-12(11-20-5-3-2-4-6-20)9-19-10-13-7-14(17)8-15(18)16(13)21/h7-8,12,19,21H,2-6,9-11H2,1H3. The van der Waals surface area contributed by atoms with Gasteiger partial charge in [-0.25, -0.2) is 0 Å². The highest BCUT2D eigenvalue weighted by Gasteiger charge is 2.13. The molecule has 0 saturated carbocycles. The molecule has 1 aromatic rings. The van der Waals surface area contributed by atoms with Crippen LogP contribution in [0.15, 0.2) is 12.1 Å². The quantitative estimate of drug-likeness (QED) is 0.830. The minimum atomic E-state index is 0.122. The summed E-state index contributed by atoms with van der Waals surface area (Å²) < 4.78 is 0. The molecule has 1 saturated heterocycles. The maximum Gasteiger partial charge on any atom is 0.138 e. The third-order valence-corrected chi connectivity index (χ3v) is 4.44. The fourth-order valence-corrected chi connectivity index (χ4v) is 3.39. The highest BCUT2D eigenvalue weighted by molar-refractivity contribution is 6.35. The number of nitrogens with zero attached hydrogens (tertiary/aromatic N) is 1. The van der Waals surface area contributed by atoms with Crippen molar-refractivity contribution < 1.29 is 5.11 Å². The first-order valence-corrected chi connectivity index (χ1v) is 8.42. The van der Waals surface area contributed by atoms with Crippen molar-refractivity contribution >= 4 is 23.2 Å². The Morgan fingerprint density at radius 1 is 1.24 bits per heavy atom. The average molecular weight is 331 g/mol. The van der Waals surface area contributed by atoms with Crippen LogP contribution in [-0.2, 0) is 6.54 Å². The number of aromatic hydroxyl groups is 1. The number of likely N-dealkylation sites (tertiary alicyclic amines) is 1. The zero-order valence-electron chi connectivity index (χ0n) is 12.5. The molecule has 0 amide bonds. The number of halogens is 2. The van der Waals surface area contributed by atoms with E-state index in [0.29, 0.717) is 22.5 Å². The minimum absolute atomic E-state index is 0.122. The van der Waals surface area contributed by atoms with Gasteiger partial charge in [0.25, 0.3) is 0 Å². The van der Waals surface area contributed by atoms with E-state index in [1.807, 2.05) is 0 Å². The zero-order chi connectivity index (χ0) is 15.2. The monoisotopic (exact) mass is 330 g/mol. The predicted molar refractivity (Wildman–Crippen MR) is 89.3 cm³/mol. The lowest BCUT2D eigenvalue weighted by molar-refractivity contribution is 0.199. The Hall–Kier alpha value is -0.480. The Morgan fingerprint density at radius 3 is 2.67 bits per heavy atom. The van der Waals surface area contributed by atoms with E-state index in [0.717, 1.165) is 18.7 Å². The summed E-state index contributed by atoms with van der Waals surface area (Å²) in [5.41, 5.74) is 0.748. The van der Waals surface area contributed by atoms with Crippen LogP contribution in [0.5, 0.6) is 5.75 Å². The summed E-state index contributed by atoms with van der Waals surface area (Å²) >= 11 is 11.9. The van der Waals surface area contributed by atoms with E-state index in [-0.39, 0.29) is 5.75 Å². The topological polar surface area (TPSA) is 35.5 Å². The van der Waals surface area contributed by atoms with Gasteiger partial charge in [-0.2, -0.15) is 0 Å². The lowest BCUT2D eigenvalue weighted by Crippen LogP contribution is -2.36. The molecule has 0 aromatic heterocycles. The molecule has 1 heterocycles. The van der Waals surface area contributed by atoms with Crippen LogP contribution in [0.3, 0.4) is 0 Å². The Kier molecular flexibility index (Phi) is 6.62. The lowest BCUT2D eigenvalue weighted by Gasteiger charge is -2.29. The summed E-state index contributed by atoms with van der Waals surface area (Å²) in [4.78, 5) is 2.55. The van der Waals surface area contributed by atoms with Crippen LogP contribution >= 0.6 is 23.2 Å². The fraction of sp³-hybridized carbons (Fsp3) is 0.625. The lowest BCUT2D eigenvalue weighted by atomic mass is 10.1. The summed E-state index contributed by atoms with van der Waals surface area (Å²) in [6.45, 7) is 7.35. The molecule has 1 aliphatic heterocycles. The van der Waals surface area contributed by atoms with E-state index in [1.165, 1.54) is 32.4 Å². The predicted octanol–water partition coefficient (Wildman–Crippen LogP) is 3.91. The number of benzene rings is 1. The molecule has 0 spiro atoms.